The van der Waals surface area contributed by atoms with E-state index in [-0.39, 0.29) is 11.6 Å². The molecule has 1 aromatic rings. The lowest BCUT2D eigenvalue weighted by atomic mass is 9.89. The number of Topliss-reactive ketones (excluding diaryl/α,β-unsaturated/α-hetero) is 2. The summed E-state index contributed by atoms with van der Waals surface area (Å²) in [5.74, 6) is 0.639. The number of carbonyl (C=O) groups is 2. The fourth-order valence-corrected chi connectivity index (χ4v) is 3.18. The van der Waals surface area contributed by atoms with Gasteiger partial charge in [-0.3, -0.25) is 9.59 Å². The van der Waals surface area contributed by atoms with Crippen molar-refractivity contribution in [2.75, 3.05) is 14.2 Å². The Bertz CT molecular complexity index is 602. The molecule has 0 spiro atoms. The average molecular weight is 286 g/mol. The van der Waals surface area contributed by atoms with E-state index in [4.69, 9.17) is 9.47 Å². The molecule has 1 fully saturated rings. The van der Waals surface area contributed by atoms with Crippen LogP contribution in [0.4, 0.5) is 0 Å². The molecule has 4 heteroatoms. The summed E-state index contributed by atoms with van der Waals surface area (Å²) in [6.45, 7) is 0. The molecule has 0 bridgehead atoms. The molecule has 2 aliphatic carbocycles. The van der Waals surface area contributed by atoms with Crippen LogP contribution in [0.1, 0.15) is 52.8 Å². The van der Waals surface area contributed by atoms with Crippen molar-refractivity contribution in [2.45, 2.75) is 32.1 Å². The lowest BCUT2D eigenvalue weighted by molar-refractivity contribution is 0.0985. The number of hydrogen-bond donors (Lipinski definition) is 0. The summed E-state index contributed by atoms with van der Waals surface area (Å²) in [5.41, 5.74) is 2.28. The third-order valence-electron chi connectivity index (χ3n) is 4.28. The monoisotopic (exact) mass is 286 g/mol. The van der Waals surface area contributed by atoms with Crippen LogP contribution in [0.2, 0.25) is 0 Å². The summed E-state index contributed by atoms with van der Waals surface area (Å²) >= 11 is 0. The van der Waals surface area contributed by atoms with Gasteiger partial charge in [-0.2, -0.15) is 0 Å². The fourth-order valence-electron chi connectivity index (χ4n) is 3.18. The Morgan fingerprint density at radius 2 is 1.29 bits per heavy atom. The molecule has 0 aliphatic heterocycles. The maximum Gasteiger partial charge on any atom is 0.197 e. The van der Waals surface area contributed by atoms with E-state index in [1.54, 1.807) is 12.1 Å². The largest absolute Gasteiger partial charge is 0.493 e. The molecule has 0 atom stereocenters. The van der Waals surface area contributed by atoms with Crippen LogP contribution in [-0.4, -0.2) is 25.8 Å². The average Bonchev–Trinajstić information content (AvgIpc) is 2.77. The van der Waals surface area contributed by atoms with E-state index in [2.05, 4.69) is 0 Å². The van der Waals surface area contributed by atoms with Crippen molar-refractivity contribution in [3.8, 4) is 11.5 Å². The SMILES string of the molecule is COc1cc2c(cc1OC)C(=O)C(=C1CCCCC1)C2=O. The van der Waals surface area contributed by atoms with Gasteiger partial charge in [-0.15, -0.1) is 0 Å². The molecule has 1 saturated carbocycles. The van der Waals surface area contributed by atoms with Crippen LogP contribution in [0.3, 0.4) is 0 Å². The molecule has 1 aromatic carbocycles. The topological polar surface area (TPSA) is 52.6 Å². The van der Waals surface area contributed by atoms with Gasteiger partial charge in [0.05, 0.1) is 19.8 Å². The molecule has 0 heterocycles. The second kappa shape index (κ2) is 5.35. The number of carbonyl (C=O) groups excluding carboxylic acids is 2. The van der Waals surface area contributed by atoms with Crippen LogP contribution in [0, 0.1) is 0 Å². The van der Waals surface area contributed by atoms with Crippen LogP contribution in [0.25, 0.3) is 0 Å². The highest BCUT2D eigenvalue weighted by Gasteiger charge is 2.36. The Kier molecular flexibility index (Phi) is 3.53. The van der Waals surface area contributed by atoms with E-state index in [9.17, 15) is 9.59 Å². The Balaban J connectivity index is 2.12. The zero-order valence-electron chi connectivity index (χ0n) is 12.3. The second-order valence-electron chi connectivity index (χ2n) is 5.45. The molecule has 110 valence electrons. The standard InChI is InChI=1S/C17H18O4/c1-20-13-8-11-12(9-14(13)21-2)17(19)15(16(11)18)10-6-4-3-5-7-10/h8-9H,3-7H2,1-2H3. The molecule has 4 nitrogen and oxygen atoms in total. The first-order valence-corrected chi connectivity index (χ1v) is 7.24. The predicted molar refractivity (Wildman–Crippen MR) is 78.3 cm³/mol. The Labute approximate surface area is 123 Å². The van der Waals surface area contributed by atoms with Gasteiger partial charge in [0.1, 0.15) is 0 Å². The fraction of sp³-hybridized carbons (Fsp3) is 0.412. The first-order chi connectivity index (χ1) is 10.2. The van der Waals surface area contributed by atoms with E-state index >= 15 is 0 Å². The Morgan fingerprint density at radius 1 is 0.810 bits per heavy atom. The van der Waals surface area contributed by atoms with Crippen molar-refractivity contribution < 1.29 is 19.1 Å². The third-order valence-corrected chi connectivity index (χ3v) is 4.28. The molecular formula is C17H18O4. The van der Waals surface area contributed by atoms with Crippen molar-refractivity contribution in [3.05, 3.63) is 34.4 Å². The molecule has 0 amide bonds. The first kappa shape index (κ1) is 13.9. The van der Waals surface area contributed by atoms with E-state index in [0.717, 1.165) is 31.3 Å². The minimum Gasteiger partial charge on any atom is -0.493 e. The van der Waals surface area contributed by atoms with Crippen LogP contribution >= 0.6 is 0 Å². The minimum atomic E-state index is -0.159. The molecule has 0 aromatic heterocycles. The minimum absolute atomic E-state index is 0.159. The molecule has 0 radical (unpaired) electrons. The predicted octanol–water partition coefficient (Wildman–Crippen LogP) is 3.34. The van der Waals surface area contributed by atoms with E-state index < -0.39 is 0 Å². The lowest BCUT2D eigenvalue weighted by Gasteiger charge is -2.15. The second-order valence-corrected chi connectivity index (χ2v) is 5.45. The summed E-state index contributed by atoms with van der Waals surface area (Å²) in [7, 11) is 3.04. The maximum atomic E-state index is 12.6. The van der Waals surface area contributed by atoms with E-state index in [0.29, 0.717) is 28.2 Å². The number of rotatable bonds is 2. The summed E-state index contributed by atoms with van der Waals surface area (Å²) in [4.78, 5) is 25.2. The smallest absolute Gasteiger partial charge is 0.197 e. The van der Waals surface area contributed by atoms with Gasteiger partial charge in [0.2, 0.25) is 0 Å². The molecular weight excluding hydrogens is 268 g/mol. The first-order valence-electron chi connectivity index (χ1n) is 7.24. The summed E-state index contributed by atoms with van der Waals surface area (Å²) < 4.78 is 10.4. The molecule has 2 aliphatic rings. The molecule has 0 unspecified atom stereocenters. The number of fused-ring (bicyclic) bond motifs is 1. The van der Waals surface area contributed by atoms with Gasteiger partial charge in [-0.05, 0) is 37.8 Å². The van der Waals surface area contributed by atoms with Crippen LogP contribution < -0.4 is 9.47 Å². The highest BCUT2D eigenvalue weighted by atomic mass is 16.5. The number of methoxy groups -OCH3 is 2. The molecule has 0 saturated heterocycles. The van der Waals surface area contributed by atoms with Crippen LogP contribution in [0.15, 0.2) is 23.3 Å². The van der Waals surface area contributed by atoms with Crippen molar-refractivity contribution in [3.63, 3.8) is 0 Å². The van der Waals surface area contributed by atoms with Gasteiger partial charge >= 0.3 is 0 Å². The van der Waals surface area contributed by atoms with Gasteiger partial charge in [0.15, 0.2) is 23.1 Å². The number of hydrogen-bond acceptors (Lipinski definition) is 4. The van der Waals surface area contributed by atoms with Crippen LogP contribution in [0.5, 0.6) is 11.5 Å². The number of allylic oxidation sites excluding steroid dienone is 2. The summed E-state index contributed by atoms with van der Waals surface area (Å²) in [5, 5.41) is 0. The van der Waals surface area contributed by atoms with Crippen LogP contribution in [-0.2, 0) is 0 Å². The molecule has 3 rings (SSSR count). The number of ether oxygens (including phenoxy) is 2. The zero-order valence-corrected chi connectivity index (χ0v) is 12.3. The van der Waals surface area contributed by atoms with Gasteiger partial charge in [-0.25, -0.2) is 0 Å². The van der Waals surface area contributed by atoms with Gasteiger partial charge in [-0.1, -0.05) is 12.0 Å². The number of benzene rings is 1. The van der Waals surface area contributed by atoms with E-state index in [1.165, 1.54) is 20.6 Å². The van der Waals surface area contributed by atoms with E-state index in [1.807, 2.05) is 0 Å². The van der Waals surface area contributed by atoms with Gasteiger partial charge < -0.3 is 9.47 Å². The Morgan fingerprint density at radius 3 is 1.71 bits per heavy atom. The Hall–Kier alpha value is -2.10. The quantitative estimate of drug-likeness (QED) is 0.618. The van der Waals surface area contributed by atoms with Gasteiger partial charge in [0, 0.05) is 11.1 Å². The number of ketones is 2. The molecule has 0 N–H and O–H groups in total. The van der Waals surface area contributed by atoms with Crippen molar-refractivity contribution in [2.24, 2.45) is 0 Å². The highest BCUT2D eigenvalue weighted by Crippen LogP contribution is 2.39. The summed E-state index contributed by atoms with van der Waals surface area (Å²) in [6.07, 6.45) is 5.00. The van der Waals surface area contributed by atoms with Crippen molar-refractivity contribution in [1.82, 2.24) is 0 Å². The zero-order chi connectivity index (χ0) is 15.0. The summed E-state index contributed by atoms with van der Waals surface area (Å²) in [6, 6.07) is 3.23. The molecule has 21 heavy (non-hydrogen) atoms. The van der Waals surface area contributed by atoms with Gasteiger partial charge in [0.25, 0.3) is 0 Å². The van der Waals surface area contributed by atoms with Crippen molar-refractivity contribution >= 4 is 11.6 Å². The van der Waals surface area contributed by atoms with Crippen molar-refractivity contribution in [1.29, 1.82) is 0 Å². The highest BCUT2D eigenvalue weighted by molar-refractivity contribution is 6.40. The maximum absolute atomic E-state index is 12.6. The third kappa shape index (κ3) is 2.15. The normalized spacial score (nSPS) is 18.0. The lowest BCUT2D eigenvalue weighted by Crippen LogP contribution is -2.08.